The van der Waals surface area contributed by atoms with E-state index in [-0.39, 0.29) is 17.2 Å². The van der Waals surface area contributed by atoms with E-state index < -0.39 is 5.97 Å². The Hall–Kier alpha value is -2.43. The van der Waals surface area contributed by atoms with Crippen LogP contribution in [0.15, 0.2) is 30.5 Å². The van der Waals surface area contributed by atoms with Crippen LogP contribution in [0.5, 0.6) is 0 Å². The highest BCUT2D eigenvalue weighted by molar-refractivity contribution is 6.00. The Morgan fingerprint density at radius 2 is 2.11 bits per heavy atom. The Bertz CT molecular complexity index is 641. The monoisotopic (exact) mass is 260 g/mol. The SMILES string of the molecule is CNc1nccc(-c2ccc(F)c(C)c2)c1C(=O)O. The Balaban J connectivity index is 2.67. The number of hydrogen-bond acceptors (Lipinski definition) is 3. The molecule has 0 radical (unpaired) electrons. The molecule has 0 aliphatic carbocycles. The van der Waals surface area contributed by atoms with E-state index in [0.717, 1.165) is 0 Å². The molecule has 0 saturated carbocycles. The van der Waals surface area contributed by atoms with E-state index in [2.05, 4.69) is 10.3 Å². The molecule has 2 rings (SSSR count). The number of hydrogen-bond donors (Lipinski definition) is 2. The molecular formula is C14H13FN2O2. The highest BCUT2D eigenvalue weighted by Crippen LogP contribution is 2.28. The lowest BCUT2D eigenvalue weighted by molar-refractivity contribution is 0.0698. The lowest BCUT2D eigenvalue weighted by atomic mass is 9.99. The van der Waals surface area contributed by atoms with Gasteiger partial charge in [0.15, 0.2) is 0 Å². The van der Waals surface area contributed by atoms with Crippen molar-refractivity contribution in [2.75, 3.05) is 12.4 Å². The van der Waals surface area contributed by atoms with Crippen LogP contribution in [0, 0.1) is 12.7 Å². The molecule has 0 amide bonds. The number of aromatic nitrogens is 1. The highest BCUT2D eigenvalue weighted by Gasteiger charge is 2.17. The summed E-state index contributed by atoms with van der Waals surface area (Å²) in [6.45, 7) is 1.64. The van der Waals surface area contributed by atoms with Gasteiger partial charge in [0.2, 0.25) is 0 Å². The molecule has 1 aromatic carbocycles. The fraction of sp³-hybridized carbons (Fsp3) is 0.143. The smallest absolute Gasteiger partial charge is 0.340 e. The number of rotatable bonds is 3. The molecule has 0 fully saturated rings. The topological polar surface area (TPSA) is 62.2 Å². The van der Waals surface area contributed by atoms with Gasteiger partial charge in [0.25, 0.3) is 0 Å². The number of aromatic carboxylic acids is 1. The maximum absolute atomic E-state index is 13.3. The molecule has 0 aliphatic heterocycles. The molecule has 0 saturated heterocycles. The molecule has 2 N–H and O–H groups in total. The van der Waals surface area contributed by atoms with Crippen LogP contribution in [0.1, 0.15) is 15.9 Å². The van der Waals surface area contributed by atoms with Crippen molar-refractivity contribution in [3.05, 3.63) is 47.4 Å². The summed E-state index contributed by atoms with van der Waals surface area (Å²) in [4.78, 5) is 15.4. The van der Waals surface area contributed by atoms with E-state index in [1.807, 2.05) is 0 Å². The number of nitrogens with zero attached hydrogens (tertiary/aromatic N) is 1. The van der Waals surface area contributed by atoms with Crippen molar-refractivity contribution < 1.29 is 14.3 Å². The number of benzene rings is 1. The summed E-state index contributed by atoms with van der Waals surface area (Å²) in [7, 11) is 1.61. The van der Waals surface area contributed by atoms with E-state index >= 15 is 0 Å². The van der Waals surface area contributed by atoms with Crippen molar-refractivity contribution in [2.45, 2.75) is 6.92 Å². The summed E-state index contributed by atoms with van der Waals surface area (Å²) in [6.07, 6.45) is 1.52. The number of pyridine rings is 1. The molecule has 0 atom stereocenters. The minimum atomic E-state index is -1.07. The molecule has 0 spiro atoms. The molecule has 1 heterocycles. The summed E-state index contributed by atoms with van der Waals surface area (Å²) < 4.78 is 13.3. The molecule has 98 valence electrons. The van der Waals surface area contributed by atoms with Gasteiger partial charge in [-0.25, -0.2) is 14.2 Å². The van der Waals surface area contributed by atoms with Crippen molar-refractivity contribution in [3.8, 4) is 11.1 Å². The molecule has 4 nitrogen and oxygen atoms in total. The number of anilines is 1. The van der Waals surface area contributed by atoms with Crippen LogP contribution in [0.3, 0.4) is 0 Å². The van der Waals surface area contributed by atoms with Crippen LogP contribution in [0.4, 0.5) is 10.2 Å². The van der Waals surface area contributed by atoms with Crippen molar-refractivity contribution in [2.24, 2.45) is 0 Å². The number of nitrogens with one attached hydrogen (secondary N) is 1. The first kappa shape index (κ1) is 13.0. The van der Waals surface area contributed by atoms with Gasteiger partial charge in [-0.1, -0.05) is 6.07 Å². The van der Waals surface area contributed by atoms with Gasteiger partial charge >= 0.3 is 5.97 Å². The Kier molecular flexibility index (Phi) is 3.46. The minimum absolute atomic E-state index is 0.0796. The second-order valence-electron chi connectivity index (χ2n) is 4.10. The largest absolute Gasteiger partial charge is 0.478 e. The third-order valence-electron chi connectivity index (χ3n) is 2.87. The molecule has 19 heavy (non-hydrogen) atoms. The van der Waals surface area contributed by atoms with E-state index in [0.29, 0.717) is 16.7 Å². The summed E-state index contributed by atoms with van der Waals surface area (Å²) in [5.74, 6) is -1.11. The summed E-state index contributed by atoms with van der Waals surface area (Å²) in [6, 6.07) is 6.12. The van der Waals surface area contributed by atoms with Crippen LogP contribution in [-0.2, 0) is 0 Å². The lowest BCUT2D eigenvalue weighted by Crippen LogP contribution is -2.07. The first-order valence-corrected chi connectivity index (χ1v) is 5.71. The van der Waals surface area contributed by atoms with E-state index in [4.69, 9.17) is 0 Å². The predicted molar refractivity (Wildman–Crippen MR) is 70.9 cm³/mol. The molecule has 1 aromatic heterocycles. The predicted octanol–water partition coefficient (Wildman–Crippen LogP) is 2.94. The Morgan fingerprint density at radius 3 is 2.68 bits per heavy atom. The second-order valence-corrected chi connectivity index (χ2v) is 4.10. The molecule has 2 aromatic rings. The number of carboxylic acids is 1. The number of carbonyl (C=O) groups is 1. The zero-order valence-corrected chi connectivity index (χ0v) is 10.6. The molecular weight excluding hydrogens is 247 g/mol. The van der Waals surface area contributed by atoms with Crippen molar-refractivity contribution >= 4 is 11.8 Å². The third-order valence-corrected chi connectivity index (χ3v) is 2.87. The fourth-order valence-electron chi connectivity index (χ4n) is 1.92. The van der Waals surface area contributed by atoms with Gasteiger partial charge < -0.3 is 10.4 Å². The standard InChI is InChI=1S/C14H13FN2O2/c1-8-7-9(3-4-11(8)15)10-5-6-17-13(16-2)12(10)14(18)19/h3-7H,1-2H3,(H,16,17)(H,18,19). The second kappa shape index (κ2) is 5.06. The van der Waals surface area contributed by atoms with Crippen LogP contribution in [0.25, 0.3) is 11.1 Å². The first-order valence-electron chi connectivity index (χ1n) is 5.71. The fourth-order valence-corrected chi connectivity index (χ4v) is 1.92. The number of aryl methyl sites for hydroxylation is 1. The maximum Gasteiger partial charge on any atom is 0.340 e. The first-order chi connectivity index (χ1) is 9.04. The Morgan fingerprint density at radius 1 is 1.37 bits per heavy atom. The molecule has 0 unspecified atom stereocenters. The van der Waals surface area contributed by atoms with Gasteiger partial charge in [-0.3, -0.25) is 0 Å². The van der Waals surface area contributed by atoms with Gasteiger partial charge in [-0.2, -0.15) is 0 Å². The van der Waals surface area contributed by atoms with Gasteiger partial charge in [0, 0.05) is 18.8 Å². The highest BCUT2D eigenvalue weighted by atomic mass is 19.1. The summed E-state index contributed by atoms with van der Waals surface area (Å²) in [5, 5.41) is 12.1. The van der Waals surface area contributed by atoms with Crippen LogP contribution in [0.2, 0.25) is 0 Å². The number of carboxylic acid groups (broad SMARTS) is 1. The van der Waals surface area contributed by atoms with Gasteiger partial charge in [-0.05, 0) is 36.2 Å². The van der Waals surface area contributed by atoms with E-state index in [1.165, 1.54) is 12.3 Å². The summed E-state index contributed by atoms with van der Waals surface area (Å²) in [5.41, 5.74) is 1.71. The summed E-state index contributed by atoms with van der Waals surface area (Å²) >= 11 is 0. The van der Waals surface area contributed by atoms with Crippen molar-refractivity contribution in [1.29, 1.82) is 0 Å². The van der Waals surface area contributed by atoms with Crippen LogP contribution in [-0.4, -0.2) is 23.1 Å². The normalized spacial score (nSPS) is 10.3. The van der Waals surface area contributed by atoms with E-state index in [9.17, 15) is 14.3 Å². The van der Waals surface area contributed by atoms with Crippen molar-refractivity contribution in [3.63, 3.8) is 0 Å². The molecule has 5 heteroatoms. The lowest BCUT2D eigenvalue weighted by Gasteiger charge is -2.11. The zero-order chi connectivity index (χ0) is 14.0. The number of halogens is 1. The minimum Gasteiger partial charge on any atom is -0.478 e. The molecule has 0 bridgehead atoms. The average Bonchev–Trinajstić information content (AvgIpc) is 2.40. The van der Waals surface area contributed by atoms with Gasteiger partial charge in [-0.15, -0.1) is 0 Å². The van der Waals surface area contributed by atoms with Gasteiger partial charge in [0.1, 0.15) is 17.2 Å². The third kappa shape index (κ3) is 2.40. The van der Waals surface area contributed by atoms with Gasteiger partial charge in [0.05, 0.1) is 0 Å². The van der Waals surface area contributed by atoms with Crippen molar-refractivity contribution in [1.82, 2.24) is 4.98 Å². The molecule has 0 aliphatic rings. The van der Waals surface area contributed by atoms with Crippen LogP contribution < -0.4 is 5.32 Å². The van der Waals surface area contributed by atoms with Crippen LogP contribution >= 0.6 is 0 Å². The maximum atomic E-state index is 13.3. The van der Waals surface area contributed by atoms with E-state index in [1.54, 1.807) is 32.2 Å². The zero-order valence-electron chi connectivity index (χ0n) is 10.6. The Labute approximate surface area is 109 Å². The average molecular weight is 260 g/mol. The quantitative estimate of drug-likeness (QED) is 0.890.